The van der Waals surface area contributed by atoms with Crippen LogP contribution in [-0.2, 0) is 16.1 Å². The molecule has 0 radical (unpaired) electrons. The van der Waals surface area contributed by atoms with E-state index in [4.69, 9.17) is 4.74 Å². The van der Waals surface area contributed by atoms with Gasteiger partial charge in [-0.25, -0.2) is 0 Å². The number of likely N-dealkylation sites (N-methyl/N-ethyl adjacent to an activating group) is 1. The van der Waals surface area contributed by atoms with E-state index < -0.39 is 0 Å². The molecule has 0 saturated carbocycles. The molecule has 0 bridgehead atoms. The molecule has 5 heteroatoms. The Morgan fingerprint density at radius 3 is 3.05 bits per heavy atom. The van der Waals surface area contributed by atoms with Crippen molar-refractivity contribution in [2.24, 2.45) is 0 Å². The molecule has 21 heavy (non-hydrogen) atoms. The summed E-state index contributed by atoms with van der Waals surface area (Å²) in [5.74, 6) is 0.0972. The molecule has 0 N–H and O–H groups in total. The van der Waals surface area contributed by atoms with Gasteiger partial charge in [0.05, 0.1) is 12.1 Å². The van der Waals surface area contributed by atoms with Crippen LogP contribution in [0.4, 0.5) is 0 Å². The fourth-order valence-electron chi connectivity index (χ4n) is 3.30. The lowest BCUT2D eigenvalue weighted by molar-refractivity contribution is -0.150. The zero-order valence-corrected chi connectivity index (χ0v) is 12.8. The Bertz CT molecular complexity index is 651. The van der Waals surface area contributed by atoms with Gasteiger partial charge in [-0.1, -0.05) is 18.2 Å². The standard InChI is InChI=1S/C16H18N2O2S/c1-17-13-8-18(9-14(13)20-10-16(17)19)7-12-6-11-4-2-3-5-15(11)21-12/h2-6,13-14H,7-10H2,1H3/t13-,14-/m0/s1. The fourth-order valence-corrected chi connectivity index (χ4v) is 4.40. The summed E-state index contributed by atoms with van der Waals surface area (Å²) in [5.41, 5.74) is 0. The molecule has 110 valence electrons. The molecule has 2 atom stereocenters. The van der Waals surface area contributed by atoms with Crippen molar-refractivity contribution in [3.8, 4) is 0 Å². The second-order valence-electron chi connectivity index (χ2n) is 5.87. The van der Waals surface area contributed by atoms with Crippen LogP contribution >= 0.6 is 11.3 Å². The molecular formula is C16H18N2O2S. The number of nitrogens with zero attached hydrogens (tertiary/aromatic N) is 2. The number of amides is 1. The van der Waals surface area contributed by atoms with E-state index in [1.807, 2.05) is 23.3 Å². The predicted octanol–water partition coefficient (Wildman–Crippen LogP) is 1.94. The number of fused-ring (bicyclic) bond motifs is 2. The van der Waals surface area contributed by atoms with E-state index in [2.05, 4.69) is 35.2 Å². The lowest BCUT2D eigenvalue weighted by Crippen LogP contribution is -2.51. The van der Waals surface area contributed by atoms with E-state index in [1.54, 1.807) is 0 Å². The third-order valence-corrected chi connectivity index (χ3v) is 5.58. The monoisotopic (exact) mass is 302 g/mol. The molecule has 0 spiro atoms. The Kier molecular flexibility index (Phi) is 3.21. The summed E-state index contributed by atoms with van der Waals surface area (Å²) in [4.78, 5) is 17.3. The van der Waals surface area contributed by atoms with Gasteiger partial charge in [0.2, 0.25) is 5.91 Å². The van der Waals surface area contributed by atoms with Crippen LogP contribution in [0.5, 0.6) is 0 Å². The third kappa shape index (κ3) is 2.35. The summed E-state index contributed by atoms with van der Waals surface area (Å²) in [6, 6.07) is 11.0. The molecule has 3 heterocycles. The average molecular weight is 302 g/mol. The first-order valence-electron chi connectivity index (χ1n) is 7.28. The van der Waals surface area contributed by atoms with E-state index in [0.29, 0.717) is 0 Å². The number of thiophene rings is 1. The fraction of sp³-hybridized carbons (Fsp3) is 0.438. The highest BCUT2D eigenvalue weighted by Crippen LogP contribution is 2.29. The lowest BCUT2D eigenvalue weighted by atomic mass is 10.1. The van der Waals surface area contributed by atoms with Crippen LogP contribution in [0.2, 0.25) is 0 Å². The molecule has 1 amide bonds. The van der Waals surface area contributed by atoms with Crippen molar-refractivity contribution in [1.82, 2.24) is 9.80 Å². The molecule has 4 nitrogen and oxygen atoms in total. The van der Waals surface area contributed by atoms with Gasteiger partial charge >= 0.3 is 0 Å². The van der Waals surface area contributed by atoms with Crippen molar-refractivity contribution in [1.29, 1.82) is 0 Å². The van der Waals surface area contributed by atoms with Crippen molar-refractivity contribution < 1.29 is 9.53 Å². The Morgan fingerprint density at radius 2 is 2.19 bits per heavy atom. The zero-order valence-electron chi connectivity index (χ0n) is 12.0. The van der Waals surface area contributed by atoms with Crippen LogP contribution in [0.1, 0.15) is 4.88 Å². The third-order valence-electron chi connectivity index (χ3n) is 4.48. The minimum absolute atomic E-state index is 0.0972. The quantitative estimate of drug-likeness (QED) is 0.850. The van der Waals surface area contributed by atoms with Crippen LogP contribution in [0, 0.1) is 0 Å². The first kappa shape index (κ1) is 13.2. The minimum atomic E-state index is 0.0972. The van der Waals surface area contributed by atoms with Crippen molar-refractivity contribution in [2.45, 2.75) is 18.7 Å². The highest BCUT2D eigenvalue weighted by Gasteiger charge is 2.41. The molecule has 0 unspecified atom stereocenters. The molecule has 2 aliphatic rings. The summed E-state index contributed by atoms with van der Waals surface area (Å²) in [6.45, 7) is 2.99. The van der Waals surface area contributed by atoms with Gasteiger partial charge in [-0.3, -0.25) is 9.69 Å². The molecule has 2 saturated heterocycles. The molecule has 2 fully saturated rings. The van der Waals surface area contributed by atoms with Crippen LogP contribution in [-0.4, -0.2) is 54.6 Å². The van der Waals surface area contributed by atoms with Crippen LogP contribution < -0.4 is 0 Å². The number of hydrogen-bond acceptors (Lipinski definition) is 4. The number of hydrogen-bond donors (Lipinski definition) is 0. The Balaban J connectivity index is 1.49. The van der Waals surface area contributed by atoms with Gasteiger partial charge in [0, 0.05) is 36.3 Å². The summed E-state index contributed by atoms with van der Waals surface area (Å²) in [6.07, 6.45) is 0.169. The number of likely N-dealkylation sites (tertiary alicyclic amines) is 1. The average Bonchev–Trinajstić information content (AvgIpc) is 3.06. The molecule has 2 aromatic rings. The Morgan fingerprint density at radius 1 is 1.33 bits per heavy atom. The normalized spacial score (nSPS) is 26.5. The van der Waals surface area contributed by atoms with Crippen molar-refractivity contribution in [2.75, 3.05) is 26.7 Å². The van der Waals surface area contributed by atoms with E-state index in [9.17, 15) is 4.79 Å². The topological polar surface area (TPSA) is 32.8 Å². The van der Waals surface area contributed by atoms with Gasteiger partial charge in [-0.2, -0.15) is 0 Å². The second-order valence-corrected chi connectivity index (χ2v) is 7.03. The maximum absolute atomic E-state index is 11.7. The minimum Gasteiger partial charge on any atom is -0.365 e. The number of carbonyl (C=O) groups excluding carboxylic acids is 1. The van der Waals surface area contributed by atoms with E-state index >= 15 is 0 Å². The second kappa shape index (κ2) is 5.09. The molecule has 2 aliphatic heterocycles. The first-order valence-corrected chi connectivity index (χ1v) is 8.09. The number of rotatable bonds is 2. The van der Waals surface area contributed by atoms with E-state index in [1.165, 1.54) is 15.0 Å². The number of carbonyl (C=O) groups is 1. The van der Waals surface area contributed by atoms with Gasteiger partial charge in [-0.05, 0) is 17.5 Å². The Labute approximate surface area is 127 Å². The number of morpholine rings is 1. The summed E-state index contributed by atoms with van der Waals surface area (Å²) in [7, 11) is 1.89. The van der Waals surface area contributed by atoms with Crippen LogP contribution in [0.3, 0.4) is 0 Å². The summed E-state index contributed by atoms with van der Waals surface area (Å²) in [5, 5.41) is 1.32. The highest BCUT2D eigenvalue weighted by molar-refractivity contribution is 7.19. The zero-order chi connectivity index (χ0) is 14.4. The van der Waals surface area contributed by atoms with Gasteiger partial charge in [-0.15, -0.1) is 11.3 Å². The largest absolute Gasteiger partial charge is 0.365 e. The summed E-state index contributed by atoms with van der Waals surface area (Å²) < 4.78 is 7.02. The van der Waals surface area contributed by atoms with E-state index in [-0.39, 0.29) is 24.7 Å². The highest BCUT2D eigenvalue weighted by atomic mass is 32.1. The number of ether oxygens (including phenoxy) is 1. The van der Waals surface area contributed by atoms with Gasteiger partial charge in [0.15, 0.2) is 0 Å². The molecular weight excluding hydrogens is 284 g/mol. The molecule has 1 aromatic carbocycles. The molecule has 4 rings (SSSR count). The number of benzene rings is 1. The summed E-state index contributed by atoms with van der Waals surface area (Å²) >= 11 is 1.86. The maximum Gasteiger partial charge on any atom is 0.248 e. The van der Waals surface area contributed by atoms with Gasteiger partial charge in [0.1, 0.15) is 6.61 Å². The molecule has 0 aliphatic carbocycles. The van der Waals surface area contributed by atoms with E-state index in [0.717, 1.165) is 19.6 Å². The van der Waals surface area contributed by atoms with Gasteiger partial charge in [0.25, 0.3) is 0 Å². The Hall–Kier alpha value is -1.43. The maximum atomic E-state index is 11.7. The van der Waals surface area contributed by atoms with Crippen molar-refractivity contribution >= 4 is 27.3 Å². The first-order chi connectivity index (χ1) is 10.2. The molecule has 1 aromatic heterocycles. The smallest absolute Gasteiger partial charge is 0.248 e. The predicted molar refractivity (Wildman–Crippen MR) is 83.4 cm³/mol. The van der Waals surface area contributed by atoms with Crippen molar-refractivity contribution in [3.05, 3.63) is 35.2 Å². The SMILES string of the molecule is CN1C(=O)CO[C@H]2CN(Cc3cc4ccccc4s3)C[C@@H]21. The lowest BCUT2D eigenvalue weighted by Gasteiger charge is -2.33. The van der Waals surface area contributed by atoms with Crippen LogP contribution in [0.15, 0.2) is 30.3 Å². The van der Waals surface area contributed by atoms with Crippen molar-refractivity contribution in [3.63, 3.8) is 0 Å². The van der Waals surface area contributed by atoms with Crippen LogP contribution in [0.25, 0.3) is 10.1 Å². The van der Waals surface area contributed by atoms with Gasteiger partial charge < -0.3 is 9.64 Å².